The minimum Gasteiger partial charge on any atom is -0.394 e. The molecular formula is C13H17F2N3O2S. The molecule has 1 heterocycles. The summed E-state index contributed by atoms with van der Waals surface area (Å²) in [5.41, 5.74) is 4.43. The number of nitrogens with zero attached hydrogens (tertiary/aromatic N) is 1. The maximum absolute atomic E-state index is 13.9. The average Bonchev–Trinajstić information content (AvgIpc) is 3.17. The summed E-state index contributed by atoms with van der Waals surface area (Å²) in [5.74, 6) is -2.20. The molecule has 8 heteroatoms. The Kier molecular flexibility index (Phi) is 3.62. The molecule has 0 radical (unpaired) electrons. The van der Waals surface area contributed by atoms with E-state index in [1.54, 1.807) is 0 Å². The Bertz CT molecular complexity index is 662. The van der Waals surface area contributed by atoms with Crippen molar-refractivity contribution in [3.63, 3.8) is 0 Å². The van der Waals surface area contributed by atoms with E-state index in [2.05, 4.69) is 9.62 Å². The molecule has 21 heavy (non-hydrogen) atoms. The Balaban J connectivity index is 1.76. The molecule has 5 nitrogen and oxygen atoms in total. The van der Waals surface area contributed by atoms with E-state index in [1.807, 2.05) is 0 Å². The number of nitrogens with one attached hydrogen (secondary N) is 1. The molecular weight excluding hydrogens is 300 g/mol. The molecule has 2 fully saturated rings. The fourth-order valence-corrected chi connectivity index (χ4v) is 4.05. The Morgan fingerprint density at radius 2 is 1.95 bits per heavy atom. The standard InChI is InChI=1S/C13H17F2N3O2S/c14-10-3-4-11(12(15)13(10)16)21(19,20)17-8-5-6-18(7-8)9-1-2-9/h3-4,8-9,17H,1-2,5-7,16H2. The lowest BCUT2D eigenvalue weighted by Crippen LogP contribution is -2.37. The molecule has 1 saturated heterocycles. The zero-order chi connectivity index (χ0) is 15.2. The fraction of sp³-hybridized carbons (Fsp3) is 0.538. The first kappa shape index (κ1) is 14.7. The number of halogens is 2. The number of nitrogens with two attached hydrogens (primary N) is 1. The number of anilines is 1. The number of hydrogen-bond acceptors (Lipinski definition) is 4. The summed E-state index contributed by atoms with van der Waals surface area (Å²) in [7, 11) is -4.04. The second-order valence-corrected chi connectivity index (χ2v) is 7.29. The normalized spacial score (nSPS) is 23.6. The van der Waals surface area contributed by atoms with E-state index >= 15 is 0 Å². The van der Waals surface area contributed by atoms with Gasteiger partial charge in [0, 0.05) is 25.2 Å². The first-order valence-electron chi connectivity index (χ1n) is 6.88. The molecule has 1 aromatic carbocycles. The van der Waals surface area contributed by atoms with Crippen LogP contribution in [0.25, 0.3) is 0 Å². The highest BCUT2D eigenvalue weighted by Crippen LogP contribution is 2.30. The van der Waals surface area contributed by atoms with Crippen LogP contribution in [0.3, 0.4) is 0 Å². The highest BCUT2D eigenvalue weighted by Gasteiger charge is 2.36. The first-order valence-corrected chi connectivity index (χ1v) is 8.36. The van der Waals surface area contributed by atoms with E-state index < -0.39 is 32.2 Å². The topological polar surface area (TPSA) is 75.4 Å². The molecule has 0 spiro atoms. The monoisotopic (exact) mass is 317 g/mol. The second kappa shape index (κ2) is 5.19. The van der Waals surface area contributed by atoms with Crippen LogP contribution in [0.4, 0.5) is 14.5 Å². The molecule has 2 aliphatic rings. The predicted octanol–water partition coefficient (Wildman–Crippen LogP) is 1.06. The quantitative estimate of drug-likeness (QED) is 0.814. The Morgan fingerprint density at radius 3 is 2.62 bits per heavy atom. The van der Waals surface area contributed by atoms with Crippen molar-refractivity contribution in [2.45, 2.75) is 36.2 Å². The van der Waals surface area contributed by atoms with Gasteiger partial charge in [-0.15, -0.1) is 0 Å². The van der Waals surface area contributed by atoms with Crippen molar-refractivity contribution in [2.24, 2.45) is 0 Å². The van der Waals surface area contributed by atoms with Gasteiger partial charge in [0.05, 0.1) is 0 Å². The highest BCUT2D eigenvalue weighted by atomic mass is 32.2. The van der Waals surface area contributed by atoms with Crippen molar-refractivity contribution >= 4 is 15.7 Å². The molecule has 1 aromatic rings. The number of likely N-dealkylation sites (tertiary alicyclic amines) is 1. The van der Waals surface area contributed by atoms with E-state index in [4.69, 9.17) is 5.73 Å². The van der Waals surface area contributed by atoms with Gasteiger partial charge in [-0.25, -0.2) is 21.9 Å². The van der Waals surface area contributed by atoms with Crippen LogP contribution in [0.5, 0.6) is 0 Å². The molecule has 1 unspecified atom stereocenters. The lowest BCUT2D eigenvalue weighted by atomic mass is 10.3. The van der Waals surface area contributed by atoms with Crippen molar-refractivity contribution in [2.75, 3.05) is 18.8 Å². The van der Waals surface area contributed by atoms with Crippen molar-refractivity contribution in [3.8, 4) is 0 Å². The smallest absolute Gasteiger partial charge is 0.243 e. The summed E-state index contributed by atoms with van der Waals surface area (Å²) >= 11 is 0. The van der Waals surface area contributed by atoms with Crippen molar-refractivity contribution < 1.29 is 17.2 Å². The van der Waals surface area contributed by atoms with Gasteiger partial charge < -0.3 is 5.73 Å². The SMILES string of the molecule is Nc1c(F)ccc(S(=O)(=O)NC2CCN(C3CC3)C2)c1F. The van der Waals surface area contributed by atoms with Crippen LogP contribution in [0.1, 0.15) is 19.3 Å². The van der Waals surface area contributed by atoms with Crippen molar-refractivity contribution in [3.05, 3.63) is 23.8 Å². The van der Waals surface area contributed by atoms with E-state index in [0.29, 0.717) is 19.0 Å². The summed E-state index contributed by atoms with van der Waals surface area (Å²) in [6.07, 6.45) is 3.00. The molecule has 0 aromatic heterocycles. The van der Waals surface area contributed by atoms with E-state index in [-0.39, 0.29) is 6.04 Å². The fourth-order valence-electron chi connectivity index (χ4n) is 2.69. The van der Waals surface area contributed by atoms with Gasteiger partial charge in [-0.3, -0.25) is 4.90 Å². The Morgan fingerprint density at radius 1 is 1.24 bits per heavy atom. The van der Waals surface area contributed by atoms with Gasteiger partial charge in [0.25, 0.3) is 0 Å². The number of hydrogen-bond donors (Lipinski definition) is 2. The molecule has 3 N–H and O–H groups in total. The van der Waals surface area contributed by atoms with Crippen molar-refractivity contribution in [1.29, 1.82) is 0 Å². The maximum atomic E-state index is 13.9. The molecule has 1 atom stereocenters. The largest absolute Gasteiger partial charge is 0.394 e. The first-order chi connectivity index (χ1) is 9.88. The van der Waals surface area contributed by atoms with Crippen LogP contribution in [0.15, 0.2) is 17.0 Å². The van der Waals surface area contributed by atoms with Crippen LogP contribution in [0, 0.1) is 11.6 Å². The third-order valence-corrected chi connectivity index (χ3v) is 5.52. The molecule has 0 bridgehead atoms. The molecule has 1 aliphatic heterocycles. The summed E-state index contributed by atoms with van der Waals surface area (Å²) in [6, 6.07) is 2.08. The van der Waals surface area contributed by atoms with E-state index in [0.717, 1.165) is 31.5 Å². The molecule has 1 saturated carbocycles. The zero-order valence-corrected chi connectivity index (χ0v) is 12.2. The van der Waals surface area contributed by atoms with Gasteiger partial charge in [0.2, 0.25) is 10.0 Å². The average molecular weight is 317 g/mol. The van der Waals surface area contributed by atoms with Gasteiger partial charge in [0.15, 0.2) is 5.82 Å². The van der Waals surface area contributed by atoms with E-state index in [1.165, 1.54) is 0 Å². The molecule has 1 aliphatic carbocycles. The Labute approximate surface area is 122 Å². The van der Waals surface area contributed by atoms with Crippen LogP contribution in [-0.4, -0.2) is 38.5 Å². The van der Waals surface area contributed by atoms with Crippen molar-refractivity contribution in [1.82, 2.24) is 9.62 Å². The van der Waals surface area contributed by atoms with Gasteiger partial charge in [-0.05, 0) is 31.4 Å². The lowest BCUT2D eigenvalue weighted by Gasteiger charge is -2.16. The Hall–Kier alpha value is -1.25. The number of benzene rings is 1. The lowest BCUT2D eigenvalue weighted by molar-refractivity contribution is 0.322. The van der Waals surface area contributed by atoms with Gasteiger partial charge in [-0.1, -0.05) is 0 Å². The van der Waals surface area contributed by atoms with Gasteiger partial charge in [-0.2, -0.15) is 0 Å². The third-order valence-electron chi connectivity index (χ3n) is 3.99. The summed E-state index contributed by atoms with van der Waals surface area (Å²) < 4.78 is 53.9. The van der Waals surface area contributed by atoms with Gasteiger partial charge >= 0.3 is 0 Å². The number of nitrogen functional groups attached to an aromatic ring is 1. The molecule has 116 valence electrons. The summed E-state index contributed by atoms with van der Waals surface area (Å²) in [5, 5.41) is 0. The van der Waals surface area contributed by atoms with Gasteiger partial charge in [0.1, 0.15) is 16.4 Å². The number of sulfonamides is 1. The predicted molar refractivity (Wildman–Crippen MR) is 74.1 cm³/mol. The molecule has 3 rings (SSSR count). The third kappa shape index (κ3) is 2.88. The van der Waals surface area contributed by atoms with Crippen LogP contribution in [0.2, 0.25) is 0 Å². The molecule has 0 amide bonds. The van der Waals surface area contributed by atoms with Crippen LogP contribution >= 0.6 is 0 Å². The summed E-state index contributed by atoms with van der Waals surface area (Å²) in [4.78, 5) is 1.63. The van der Waals surface area contributed by atoms with Crippen LogP contribution in [-0.2, 0) is 10.0 Å². The highest BCUT2D eigenvalue weighted by molar-refractivity contribution is 7.89. The minimum atomic E-state index is -4.04. The summed E-state index contributed by atoms with van der Waals surface area (Å²) in [6.45, 7) is 1.47. The van der Waals surface area contributed by atoms with Crippen LogP contribution < -0.4 is 10.5 Å². The zero-order valence-electron chi connectivity index (χ0n) is 11.4. The maximum Gasteiger partial charge on any atom is 0.243 e. The number of rotatable bonds is 4. The minimum absolute atomic E-state index is 0.249. The van der Waals surface area contributed by atoms with E-state index in [9.17, 15) is 17.2 Å². The second-order valence-electron chi connectivity index (χ2n) is 5.61.